The van der Waals surface area contributed by atoms with Gasteiger partial charge in [-0.3, -0.25) is 29.4 Å². The van der Waals surface area contributed by atoms with Gasteiger partial charge in [-0.25, -0.2) is 0 Å². The molecular weight excluding hydrogens is 436 g/mol. The molecule has 28 heavy (non-hydrogen) atoms. The maximum Gasteiger partial charge on any atom is 0.314 e. The second kappa shape index (κ2) is 8.23. The number of H-pyrrole nitrogens is 2. The number of nitro groups is 1. The van der Waals surface area contributed by atoms with Crippen LogP contribution in [-0.2, 0) is 16.1 Å². The highest BCUT2D eigenvalue weighted by atomic mass is 79.9. The van der Waals surface area contributed by atoms with Gasteiger partial charge >= 0.3 is 22.8 Å². The normalized spacial score (nSPS) is 15.6. The molecule has 0 unspecified atom stereocenters. The van der Waals surface area contributed by atoms with Crippen molar-refractivity contribution in [2.75, 3.05) is 19.7 Å². The number of esters is 1. The van der Waals surface area contributed by atoms with Crippen molar-refractivity contribution in [1.29, 1.82) is 0 Å². The van der Waals surface area contributed by atoms with E-state index in [-0.39, 0.29) is 33.1 Å². The molecule has 3 rings (SSSR count). The fraction of sp³-hybridized carbons (Fsp3) is 0.471. The van der Waals surface area contributed by atoms with Crippen LogP contribution in [0.1, 0.15) is 25.3 Å². The molecule has 10 nitrogen and oxygen atoms in total. The molecule has 1 aromatic carbocycles. The average Bonchev–Trinajstić information content (AvgIpc) is 2.64. The van der Waals surface area contributed by atoms with Crippen molar-refractivity contribution in [2.24, 2.45) is 5.92 Å². The Kier molecular flexibility index (Phi) is 5.94. The van der Waals surface area contributed by atoms with E-state index in [0.29, 0.717) is 44.6 Å². The number of hydrogen-bond acceptors (Lipinski definition) is 7. The summed E-state index contributed by atoms with van der Waals surface area (Å²) in [6.45, 7) is 3.83. The van der Waals surface area contributed by atoms with Gasteiger partial charge in [0.1, 0.15) is 5.52 Å². The Morgan fingerprint density at radius 1 is 1.29 bits per heavy atom. The number of carbonyl (C=O) groups is 1. The Morgan fingerprint density at radius 2 is 1.89 bits per heavy atom. The fourth-order valence-corrected chi connectivity index (χ4v) is 4.05. The van der Waals surface area contributed by atoms with Crippen LogP contribution in [0.15, 0.2) is 20.1 Å². The SMILES string of the molecule is CCOC(=O)C1CCN(Cc2cc(Br)c([N+](=O)[O-])c3[nH]c(=O)c(=O)[nH]c23)CC1. The van der Waals surface area contributed by atoms with E-state index in [2.05, 4.69) is 30.8 Å². The molecule has 1 aliphatic rings. The van der Waals surface area contributed by atoms with E-state index in [9.17, 15) is 24.5 Å². The number of piperidine rings is 1. The van der Waals surface area contributed by atoms with E-state index in [1.54, 1.807) is 13.0 Å². The molecule has 1 aromatic heterocycles. The summed E-state index contributed by atoms with van der Waals surface area (Å²) in [6, 6.07) is 1.58. The standard InChI is InChI=1S/C17H19BrN4O6/c1-2-28-17(25)9-3-5-21(6-4-9)8-10-7-11(18)14(22(26)27)13-12(10)19-15(23)16(24)20-13/h7,9H,2-6,8H2,1H3,(H,19,23)(H,20,24). The summed E-state index contributed by atoms with van der Waals surface area (Å²) in [4.78, 5) is 53.0. The molecule has 0 aliphatic carbocycles. The summed E-state index contributed by atoms with van der Waals surface area (Å²) in [7, 11) is 0. The van der Waals surface area contributed by atoms with Gasteiger partial charge in [0.2, 0.25) is 0 Å². The zero-order valence-corrected chi connectivity index (χ0v) is 16.7. The molecule has 0 radical (unpaired) electrons. The van der Waals surface area contributed by atoms with Crippen LogP contribution in [0, 0.1) is 16.0 Å². The van der Waals surface area contributed by atoms with Crippen molar-refractivity contribution in [1.82, 2.24) is 14.9 Å². The molecule has 150 valence electrons. The lowest BCUT2D eigenvalue weighted by Gasteiger charge is -2.31. The number of nitrogens with one attached hydrogen (secondary N) is 2. The molecule has 1 saturated heterocycles. The molecule has 0 saturated carbocycles. The van der Waals surface area contributed by atoms with Crippen molar-refractivity contribution in [2.45, 2.75) is 26.3 Å². The zero-order chi connectivity index (χ0) is 20.4. The molecule has 0 atom stereocenters. The number of rotatable bonds is 5. The number of fused-ring (bicyclic) bond motifs is 1. The summed E-state index contributed by atoms with van der Waals surface area (Å²) >= 11 is 3.19. The third-order valence-electron chi connectivity index (χ3n) is 4.80. The Hall–Kier alpha value is -2.53. The highest BCUT2D eigenvalue weighted by Crippen LogP contribution is 2.34. The maximum atomic E-state index is 11.9. The molecule has 1 fully saturated rings. The molecule has 2 N–H and O–H groups in total. The summed E-state index contributed by atoms with van der Waals surface area (Å²) in [5.74, 6) is -0.319. The number of hydrogen-bond donors (Lipinski definition) is 2. The fourth-order valence-electron chi connectivity index (χ4n) is 3.43. The summed E-state index contributed by atoms with van der Waals surface area (Å²) < 4.78 is 5.28. The topological polar surface area (TPSA) is 138 Å². The largest absolute Gasteiger partial charge is 0.466 e. The Balaban J connectivity index is 1.90. The van der Waals surface area contributed by atoms with E-state index in [1.165, 1.54) is 0 Å². The van der Waals surface area contributed by atoms with Gasteiger partial charge in [0.15, 0.2) is 0 Å². The van der Waals surface area contributed by atoms with E-state index in [0.717, 1.165) is 0 Å². The van der Waals surface area contributed by atoms with Crippen LogP contribution in [0.5, 0.6) is 0 Å². The number of nitrogens with zero attached hydrogens (tertiary/aromatic N) is 2. The zero-order valence-electron chi connectivity index (χ0n) is 15.1. The van der Waals surface area contributed by atoms with Gasteiger partial charge in [-0.15, -0.1) is 0 Å². The second-order valence-corrected chi connectivity index (χ2v) is 7.44. The van der Waals surface area contributed by atoms with Gasteiger partial charge in [-0.1, -0.05) is 0 Å². The summed E-state index contributed by atoms with van der Waals surface area (Å²) in [5, 5.41) is 11.4. The molecule has 2 heterocycles. The van der Waals surface area contributed by atoms with Crippen molar-refractivity contribution >= 4 is 38.6 Å². The highest BCUT2D eigenvalue weighted by Gasteiger charge is 2.28. The number of aromatic amines is 2. The van der Waals surface area contributed by atoms with Crippen LogP contribution in [0.25, 0.3) is 11.0 Å². The number of benzene rings is 1. The first kappa shape index (κ1) is 20.2. The molecule has 0 amide bonds. The third kappa shape index (κ3) is 3.99. The van der Waals surface area contributed by atoms with Crippen molar-refractivity contribution in [3.63, 3.8) is 0 Å². The van der Waals surface area contributed by atoms with Crippen molar-refractivity contribution in [3.8, 4) is 0 Å². The quantitative estimate of drug-likeness (QED) is 0.303. The lowest BCUT2D eigenvalue weighted by Crippen LogP contribution is -2.37. The first-order chi connectivity index (χ1) is 13.3. The third-order valence-corrected chi connectivity index (χ3v) is 5.41. The second-order valence-electron chi connectivity index (χ2n) is 6.58. The number of halogens is 1. The lowest BCUT2D eigenvalue weighted by molar-refractivity contribution is -0.384. The molecule has 0 bridgehead atoms. The van der Waals surface area contributed by atoms with Crippen LogP contribution >= 0.6 is 15.9 Å². The van der Waals surface area contributed by atoms with Gasteiger partial charge in [0.25, 0.3) is 0 Å². The monoisotopic (exact) mass is 454 g/mol. The maximum absolute atomic E-state index is 11.9. The van der Waals surface area contributed by atoms with Gasteiger partial charge < -0.3 is 14.7 Å². The Labute approximate surface area is 167 Å². The Bertz CT molecular complexity index is 1040. The van der Waals surface area contributed by atoms with Crippen molar-refractivity contribution in [3.05, 3.63) is 46.9 Å². The van der Waals surface area contributed by atoms with E-state index >= 15 is 0 Å². The highest BCUT2D eigenvalue weighted by molar-refractivity contribution is 9.10. The van der Waals surface area contributed by atoms with Gasteiger partial charge in [-0.05, 0) is 60.4 Å². The van der Waals surface area contributed by atoms with E-state index in [1.807, 2.05) is 0 Å². The van der Waals surface area contributed by atoms with Crippen LogP contribution in [-0.4, -0.2) is 45.5 Å². The molecule has 2 aromatic rings. The summed E-state index contributed by atoms with van der Waals surface area (Å²) in [5.41, 5.74) is -1.29. The number of nitro benzene ring substituents is 1. The van der Waals surface area contributed by atoms with Crippen LogP contribution in [0.4, 0.5) is 5.69 Å². The van der Waals surface area contributed by atoms with Gasteiger partial charge in [0.05, 0.1) is 27.4 Å². The smallest absolute Gasteiger partial charge is 0.314 e. The molecule has 0 spiro atoms. The number of aromatic nitrogens is 2. The van der Waals surface area contributed by atoms with E-state index < -0.39 is 16.0 Å². The van der Waals surface area contributed by atoms with Crippen LogP contribution in [0.2, 0.25) is 0 Å². The minimum Gasteiger partial charge on any atom is -0.466 e. The van der Waals surface area contributed by atoms with Crippen LogP contribution in [0.3, 0.4) is 0 Å². The number of ether oxygens (including phenoxy) is 1. The molecule has 11 heteroatoms. The first-order valence-corrected chi connectivity index (χ1v) is 9.62. The van der Waals surface area contributed by atoms with Gasteiger partial charge in [0, 0.05) is 6.54 Å². The minimum absolute atomic E-state index is 0.0274. The number of likely N-dealkylation sites (tertiary alicyclic amines) is 1. The molecule has 1 aliphatic heterocycles. The van der Waals surface area contributed by atoms with Gasteiger partial charge in [-0.2, -0.15) is 0 Å². The average molecular weight is 455 g/mol. The summed E-state index contributed by atoms with van der Waals surface area (Å²) in [6.07, 6.45) is 1.30. The molecular formula is C17H19BrN4O6. The number of carbonyl (C=O) groups excluding carboxylic acids is 1. The van der Waals surface area contributed by atoms with Crippen molar-refractivity contribution < 1.29 is 14.5 Å². The Morgan fingerprint density at radius 3 is 2.46 bits per heavy atom. The first-order valence-electron chi connectivity index (χ1n) is 8.82. The minimum atomic E-state index is -0.949. The van der Waals surface area contributed by atoms with E-state index in [4.69, 9.17) is 4.74 Å². The predicted molar refractivity (Wildman–Crippen MR) is 104 cm³/mol. The lowest BCUT2D eigenvalue weighted by atomic mass is 9.96. The van der Waals surface area contributed by atoms with Crippen LogP contribution < -0.4 is 11.1 Å². The predicted octanol–water partition coefficient (Wildman–Crippen LogP) is 1.66.